The molecule has 0 aliphatic heterocycles. The second-order valence-corrected chi connectivity index (χ2v) is 9.59. The van der Waals surface area contributed by atoms with Crippen LogP contribution in [0.25, 0.3) is 11.1 Å². The average Bonchev–Trinajstić information content (AvgIpc) is 3.56. The fourth-order valence-corrected chi connectivity index (χ4v) is 4.85. The van der Waals surface area contributed by atoms with Gasteiger partial charge in [0.15, 0.2) is 0 Å². The summed E-state index contributed by atoms with van der Waals surface area (Å²) < 4.78 is 6.60. The molecule has 0 saturated carbocycles. The summed E-state index contributed by atoms with van der Waals surface area (Å²) in [4.78, 5) is 0. The van der Waals surface area contributed by atoms with Gasteiger partial charge in [-0.25, -0.2) is 11.6 Å². The van der Waals surface area contributed by atoms with Gasteiger partial charge in [0.2, 0.25) is 0 Å². The van der Waals surface area contributed by atoms with Crippen LogP contribution < -0.4 is 4.74 Å². The summed E-state index contributed by atoms with van der Waals surface area (Å²) in [5.74, 6) is 0.821. The first-order valence-electron chi connectivity index (χ1n) is 11.8. The molecule has 0 heterocycles. The first-order valence-corrected chi connectivity index (χ1v) is 13.0. The molecule has 0 bridgehead atoms. The van der Waals surface area contributed by atoms with Crippen molar-refractivity contribution < 1.29 is 29.0 Å². The quantitative estimate of drug-likeness (QED) is 0.201. The van der Waals surface area contributed by atoms with Crippen molar-refractivity contribution in [1.29, 1.82) is 0 Å². The number of hydrogen-bond donors (Lipinski definition) is 0. The van der Waals surface area contributed by atoms with E-state index in [0.717, 1.165) is 18.6 Å². The first-order chi connectivity index (χ1) is 17.2. The minimum absolute atomic E-state index is 0. The molecular weight excluding hydrogens is 528 g/mol. The SMILES string of the molecule is CC1=CC[C-]=C1.COc1[c-]c2c(cc1)-c1ccccc1C2.[CH3-].[CH3-].[Zr]=[C](c1ccccc1)c1ccccc1. The molecule has 0 aromatic heterocycles. The average molecular weight is 562 g/mol. The third kappa shape index (κ3) is 8.21. The van der Waals surface area contributed by atoms with Crippen molar-refractivity contribution in [3.8, 4) is 16.9 Å². The molecular formula is C35H34OZr-4. The Morgan fingerprint density at radius 1 is 0.757 bits per heavy atom. The predicted molar refractivity (Wildman–Crippen MR) is 155 cm³/mol. The zero-order chi connectivity index (χ0) is 24.5. The fraction of sp³-hybridized carbons (Fsp3) is 0.114. The van der Waals surface area contributed by atoms with E-state index >= 15 is 0 Å². The Bertz CT molecular complexity index is 1290. The monoisotopic (exact) mass is 560 g/mol. The molecule has 188 valence electrons. The van der Waals surface area contributed by atoms with Gasteiger partial charge in [0.25, 0.3) is 0 Å². The van der Waals surface area contributed by atoms with Gasteiger partial charge in [-0.05, 0) is 6.42 Å². The predicted octanol–water partition coefficient (Wildman–Crippen LogP) is 8.47. The molecule has 6 rings (SSSR count). The molecule has 0 unspecified atom stereocenters. The Kier molecular flexibility index (Phi) is 12.4. The van der Waals surface area contributed by atoms with E-state index in [-0.39, 0.29) is 14.9 Å². The molecule has 2 aliphatic carbocycles. The van der Waals surface area contributed by atoms with E-state index in [0.29, 0.717) is 0 Å². The van der Waals surface area contributed by atoms with Gasteiger partial charge in [-0.1, -0.05) is 35.4 Å². The summed E-state index contributed by atoms with van der Waals surface area (Å²) in [7, 11) is 1.68. The van der Waals surface area contributed by atoms with Gasteiger partial charge in [-0.15, -0.1) is 36.6 Å². The third-order valence-corrected chi connectivity index (χ3v) is 7.31. The van der Waals surface area contributed by atoms with Gasteiger partial charge in [0.1, 0.15) is 0 Å². The van der Waals surface area contributed by atoms with Crippen LogP contribution in [0.3, 0.4) is 0 Å². The van der Waals surface area contributed by atoms with E-state index in [2.05, 4.69) is 116 Å². The summed E-state index contributed by atoms with van der Waals surface area (Å²) >= 11 is 1.46. The number of fused-ring (bicyclic) bond motifs is 3. The Labute approximate surface area is 238 Å². The molecule has 2 heteroatoms. The van der Waals surface area contributed by atoms with Crippen LogP contribution in [-0.2, 0) is 30.7 Å². The van der Waals surface area contributed by atoms with E-state index in [9.17, 15) is 0 Å². The summed E-state index contributed by atoms with van der Waals surface area (Å²) in [6, 6.07) is 37.0. The van der Waals surface area contributed by atoms with Crippen molar-refractivity contribution in [1.82, 2.24) is 0 Å². The van der Waals surface area contributed by atoms with Crippen molar-refractivity contribution in [2.45, 2.75) is 19.8 Å². The number of ether oxygens (including phenoxy) is 1. The normalized spacial score (nSPS) is 11.5. The summed E-state index contributed by atoms with van der Waals surface area (Å²) in [6.07, 6.45) is 9.22. The Hall–Kier alpha value is -3.09. The molecule has 0 spiro atoms. The number of methoxy groups -OCH3 is 1. The van der Waals surface area contributed by atoms with Crippen molar-refractivity contribution >= 4 is 3.21 Å². The molecule has 0 N–H and O–H groups in total. The summed E-state index contributed by atoms with van der Waals surface area (Å²) in [5.41, 5.74) is 9.27. The van der Waals surface area contributed by atoms with E-state index in [4.69, 9.17) is 4.74 Å². The standard InChI is InChI=1S/C14H11O.C13H10.C6H7.2CH3.Zr/c1-15-12-6-7-14-11(9-12)8-10-4-2-3-5-13(10)14;1-3-7-12(8-4-1)11-13-9-5-2-6-10-13;1-6-4-2-3-5-6;;;/h2-7H,8H2,1H3;1-10H;4-5H,2H2,1H3;2*1H3;/q-1;;3*-1;. The van der Waals surface area contributed by atoms with Crippen LogP contribution in [0.15, 0.2) is 115 Å². The van der Waals surface area contributed by atoms with Crippen molar-refractivity contribution in [3.63, 3.8) is 0 Å². The third-order valence-electron chi connectivity index (χ3n) is 5.89. The maximum absolute atomic E-state index is 5.18. The van der Waals surface area contributed by atoms with E-state index in [1.807, 2.05) is 12.1 Å². The molecule has 0 amide bonds. The zero-order valence-electron chi connectivity index (χ0n) is 22.2. The van der Waals surface area contributed by atoms with Crippen LogP contribution in [0.5, 0.6) is 5.75 Å². The molecule has 1 nitrogen and oxygen atoms in total. The minimum atomic E-state index is 0. The summed E-state index contributed by atoms with van der Waals surface area (Å²) in [5, 5.41) is 0. The van der Waals surface area contributed by atoms with Crippen LogP contribution >= 0.6 is 0 Å². The Balaban J connectivity index is 0.000000205. The number of allylic oxidation sites excluding steroid dienone is 4. The van der Waals surface area contributed by atoms with Crippen LogP contribution in [0.2, 0.25) is 0 Å². The van der Waals surface area contributed by atoms with Gasteiger partial charge in [0.05, 0.1) is 7.11 Å². The van der Waals surface area contributed by atoms with Crippen LogP contribution in [0, 0.1) is 27.0 Å². The topological polar surface area (TPSA) is 9.23 Å². The van der Waals surface area contributed by atoms with Crippen LogP contribution in [-0.4, -0.2) is 10.3 Å². The molecule has 4 aromatic rings. The van der Waals surface area contributed by atoms with Crippen molar-refractivity contribution in [2.75, 3.05) is 7.11 Å². The maximum atomic E-state index is 5.18. The van der Waals surface area contributed by atoms with Crippen molar-refractivity contribution in [3.05, 3.63) is 164 Å². The Morgan fingerprint density at radius 2 is 1.35 bits per heavy atom. The first kappa shape index (κ1) is 30.1. The zero-order valence-corrected chi connectivity index (χ0v) is 24.7. The van der Waals surface area contributed by atoms with E-state index < -0.39 is 0 Å². The van der Waals surface area contributed by atoms with Crippen LogP contribution in [0.1, 0.15) is 35.6 Å². The van der Waals surface area contributed by atoms with E-state index in [1.54, 1.807) is 7.11 Å². The number of rotatable bonds is 3. The van der Waals surface area contributed by atoms with Gasteiger partial charge in [0, 0.05) is 5.75 Å². The molecule has 0 saturated heterocycles. The summed E-state index contributed by atoms with van der Waals surface area (Å²) in [6.45, 7) is 2.08. The number of benzene rings is 4. The van der Waals surface area contributed by atoms with Crippen LogP contribution in [0.4, 0.5) is 0 Å². The number of hydrogen-bond acceptors (Lipinski definition) is 1. The second kappa shape index (κ2) is 15.2. The molecule has 4 aromatic carbocycles. The molecule has 0 fully saturated rings. The van der Waals surface area contributed by atoms with Gasteiger partial charge < -0.3 is 19.6 Å². The van der Waals surface area contributed by atoms with Gasteiger partial charge >= 0.3 is 99.2 Å². The molecule has 0 radical (unpaired) electrons. The van der Waals surface area contributed by atoms with Gasteiger partial charge in [-0.2, -0.15) is 12.1 Å². The molecule has 2 aliphatic rings. The molecule has 37 heavy (non-hydrogen) atoms. The molecule has 0 atom stereocenters. The van der Waals surface area contributed by atoms with Gasteiger partial charge in [-0.3, -0.25) is 6.08 Å². The second-order valence-electron chi connectivity index (χ2n) is 8.36. The Morgan fingerprint density at radius 3 is 1.86 bits per heavy atom. The van der Waals surface area contributed by atoms with Crippen molar-refractivity contribution in [2.24, 2.45) is 0 Å². The fourth-order valence-electron chi connectivity index (χ4n) is 4.03. The van der Waals surface area contributed by atoms with E-state index in [1.165, 1.54) is 66.4 Å².